The summed E-state index contributed by atoms with van der Waals surface area (Å²) in [7, 11) is 1.27. The van der Waals surface area contributed by atoms with Crippen molar-refractivity contribution in [3.8, 4) is 0 Å². The Morgan fingerprint density at radius 2 is 2.29 bits per heavy atom. The van der Waals surface area contributed by atoms with Crippen molar-refractivity contribution in [1.29, 1.82) is 0 Å². The Balaban J connectivity index is 2.83. The summed E-state index contributed by atoms with van der Waals surface area (Å²) in [5, 5.41) is 0.0558. The minimum absolute atomic E-state index is 0.0558. The van der Waals surface area contributed by atoms with E-state index in [1.54, 1.807) is 6.07 Å². The van der Waals surface area contributed by atoms with Gasteiger partial charge in [0.1, 0.15) is 5.82 Å². The van der Waals surface area contributed by atoms with Gasteiger partial charge < -0.3 is 4.74 Å². The lowest BCUT2D eigenvalue weighted by Gasteiger charge is -1.96. The third kappa shape index (κ3) is 2.85. The van der Waals surface area contributed by atoms with Gasteiger partial charge in [-0.15, -0.1) is 0 Å². The van der Waals surface area contributed by atoms with Gasteiger partial charge in [0.15, 0.2) is 0 Å². The maximum atomic E-state index is 12.9. The van der Waals surface area contributed by atoms with Crippen LogP contribution >= 0.6 is 11.6 Å². The number of methoxy groups -OCH3 is 1. The maximum Gasteiger partial charge on any atom is 0.330 e. The molecule has 14 heavy (non-hydrogen) atoms. The highest BCUT2D eigenvalue weighted by molar-refractivity contribution is 6.30. The topological polar surface area (TPSA) is 26.3 Å². The molecular formula is C10H8ClFO2. The van der Waals surface area contributed by atoms with Gasteiger partial charge in [0, 0.05) is 6.08 Å². The zero-order chi connectivity index (χ0) is 10.6. The van der Waals surface area contributed by atoms with Gasteiger partial charge in [-0.25, -0.2) is 9.18 Å². The van der Waals surface area contributed by atoms with Crippen LogP contribution in [0.4, 0.5) is 4.39 Å². The molecule has 1 rings (SSSR count). The fraction of sp³-hybridized carbons (Fsp3) is 0.100. The van der Waals surface area contributed by atoms with Gasteiger partial charge in [-0.05, 0) is 23.8 Å². The highest BCUT2D eigenvalue weighted by Gasteiger charge is 1.99. The van der Waals surface area contributed by atoms with Gasteiger partial charge in [-0.1, -0.05) is 17.7 Å². The molecule has 0 saturated carbocycles. The fourth-order valence-electron chi connectivity index (χ4n) is 0.848. The van der Waals surface area contributed by atoms with Crippen LogP contribution in [0.5, 0.6) is 0 Å². The third-order valence-corrected chi connectivity index (χ3v) is 1.86. The molecule has 2 nitrogen and oxygen atoms in total. The van der Waals surface area contributed by atoms with Gasteiger partial charge >= 0.3 is 5.97 Å². The molecule has 0 fully saturated rings. The van der Waals surface area contributed by atoms with Crippen LogP contribution in [0.25, 0.3) is 6.08 Å². The summed E-state index contributed by atoms with van der Waals surface area (Å²) in [6.07, 6.45) is 2.66. The minimum atomic E-state index is -0.515. The Morgan fingerprint density at radius 3 is 2.86 bits per heavy atom. The Kier molecular flexibility index (Phi) is 3.65. The largest absolute Gasteiger partial charge is 0.466 e. The molecule has 0 aliphatic carbocycles. The molecule has 0 aromatic heterocycles. The van der Waals surface area contributed by atoms with Crippen LogP contribution in [0.15, 0.2) is 24.3 Å². The van der Waals surface area contributed by atoms with Crippen molar-refractivity contribution < 1.29 is 13.9 Å². The van der Waals surface area contributed by atoms with E-state index in [0.29, 0.717) is 5.56 Å². The van der Waals surface area contributed by atoms with E-state index in [9.17, 15) is 9.18 Å². The Hall–Kier alpha value is -1.35. The summed E-state index contributed by atoms with van der Waals surface area (Å²) < 4.78 is 17.3. The zero-order valence-electron chi connectivity index (χ0n) is 7.46. The first-order chi connectivity index (χ1) is 6.63. The Bertz CT molecular complexity index is 374. The lowest BCUT2D eigenvalue weighted by molar-refractivity contribution is -0.134. The molecule has 1 aromatic carbocycles. The van der Waals surface area contributed by atoms with Crippen LogP contribution in [-0.2, 0) is 9.53 Å². The highest BCUT2D eigenvalue weighted by atomic mass is 35.5. The van der Waals surface area contributed by atoms with Gasteiger partial charge in [0.25, 0.3) is 0 Å². The summed E-state index contributed by atoms with van der Waals surface area (Å²) in [5.41, 5.74) is 0.553. The zero-order valence-corrected chi connectivity index (χ0v) is 8.22. The first-order valence-electron chi connectivity index (χ1n) is 3.84. The summed E-state index contributed by atoms with van der Waals surface area (Å²) in [6, 6.07) is 4.26. The summed E-state index contributed by atoms with van der Waals surface area (Å²) in [5.74, 6) is -1.00. The van der Waals surface area contributed by atoms with Crippen LogP contribution in [0.2, 0.25) is 5.02 Å². The van der Waals surface area contributed by atoms with E-state index < -0.39 is 11.8 Å². The van der Waals surface area contributed by atoms with E-state index in [1.807, 2.05) is 0 Å². The van der Waals surface area contributed by atoms with E-state index in [-0.39, 0.29) is 5.02 Å². The monoisotopic (exact) mass is 214 g/mol. The number of benzene rings is 1. The standard InChI is InChI=1S/C10H8ClFO2/c1-14-10(13)5-3-7-2-4-8(11)9(12)6-7/h2-6H,1H3. The predicted molar refractivity (Wildman–Crippen MR) is 52.5 cm³/mol. The first-order valence-corrected chi connectivity index (χ1v) is 4.22. The van der Waals surface area contributed by atoms with Crippen molar-refractivity contribution in [1.82, 2.24) is 0 Å². The molecule has 0 saturated heterocycles. The molecule has 0 aliphatic rings. The molecule has 0 spiro atoms. The van der Waals surface area contributed by atoms with Crippen molar-refractivity contribution in [2.75, 3.05) is 7.11 Å². The number of halogens is 2. The second kappa shape index (κ2) is 4.77. The number of carbonyl (C=O) groups excluding carboxylic acids is 1. The molecule has 0 unspecified atom stereocenters. The molecule has 0 bridgehead atoms. The second-order valence-corrected chi connectivity index (χ2v) is 2.94. The lowest BCUT2D eigenvalue weighted by atomic mass is 10.2. The fourth-order valence-corrected chi connectivity index (χ4v) is 0.966. The van der Waals surface area contributed by atoms with Crippen LogP contribution in [0, 0.1) is 5.82 Å². The molecule has 4 heteroatoms. The van der Waals surface area contributed by atoms with Gasteiger partial charge in [-0.3, -0.25) is 0 Å². The van der Waals surface area contributed by atoms with E-state index in [0.717, 1.165) is 0 Å². The number of esters is 1. The molecule has 0 aliphatic heterocycles. The molecule has 74 valence electrons. The summed E-state index contributed by atoms with van der Waals surface area (Å²) >= 11 is 5.48. The highest BCUT2D eigenvalue weighted by Crippen LogP contribution is 2.16. The minimum Gasteiger partial charge on any atom is -0.466 e. The second-order valence-electron chi connectivity index (χ2n) is 2.53. The number of hydrogen-bond acceptors (Lipinski definition) is 2. The average Bonchev–Trinajstić information content (AvgIpc) is 2.19. The Morgan fingerprint density at radius 1 is 1.57 bits per heavy atom. The van der Waals surface area contributed by atoms with Crippen LogP contribution in [0.3, 0.4) is 0 Å². The van der Waals surface area contributed by atoms with Crippen molar-refractivity contribution in [2.45, 2.75) is 0 Å². The molecule has 0 amide bonds. The smallest absolute Gasteiger partial charge is 0.330 e. The first kappa shape index (κ1) is 10.7. The quantitative estimate of drug-likeness (QED) is 0.559. The maximum absolute atomic E-state index is 12.9. The molecule has 0 heterocycles. The molecule has 0 atom stereocenters. The predicted octanol–water partition coefficient (Wildman–Crippen LogP) is 2.67. The van der Waals surface area contributed by atoms with E-state index in [4.69, 9.17) is 11.6 Å². The van der Waals surface area contributed by atoms with Crippen molar-refractivity contribution >= 4 is 23.6 Å². The van der Waals surface area contributed by atoms with Crippen molar-refractivity contribution in [3.63, 3.8) is 0 Å². The SMILES string of the molecule is COC(=O)C=Cc1ccc(Cl)c(F)c1. The molecule has 1 aromatic rings. The lowest BCUT2D eigenvalue weighted by Crippen LogP contribution is -1.93. The number of ether oxygens (including phenoxy) is 1. The molecular weight excluding hydrogens is 207 g/mol. The average molecular weight is 215 g/mol. The Labute approximate surface area is 85.9 Å². The number of rotatable bonds is 2. The summed E-state index contributed by atoms with van der Waals surface area (Å²) in [4.78, 5) is 10.7. The van der Waals surface area contributed by atoms with Crippen LogP contribution in [0.1, 0.15) is 5.56 Å². The summed E-state index contributed by atoms with van der Waals surface area (Å²) in [6.45, 7) is 0. The van der Waals surface area contributed by atoms with Crippen LogP contribution < -0.4 is 0 Å². The van der Waals surface area contributed by atoms with E-state index in [1.165, 1.54) is 31.4 Å². The van der Waals surface area contributed by atoms with E-state index in [2.05, 4.69) is 4.74 Å². The van der Waals surface area contributed by atoms with Crippen molar-refractivity contribution in [2.24, 2.45) is 0 Å². The van der Waals surface area contributed by atoms with Gasteiger partial charge in [0.05, 0.1) is 12.1 Å². The number of hydrogen-bond donors (Lipinski definition) is 0. The van der Waals surface area contributed by atoms with Gasteiger partial charge in [-0.2, -0.15) is 0 Å². The van der Waals surface area contributed by atoms with Gasteiger partial charge in [0.2, 0.25) is 0 Å². The normalized spacial score (nSPS) is 10.5. The van der Waals surface area contributed by atoms with Crippen molar-refractivity contribution in [3.05, 3.63) is 40.7 Å². The van der Waals surface area contributed by atoms with E-state index >= 15 is 0 Å². The third-order valence-electron chi connectivity index (χ3n) is 1.56. The molecule has 0 radical (unpaired) electrons. The number of carbonyl (C=O) groups is 1. The molecule has 0 N–H and O–H groups in total. The van der Waals surface area contributed by atoms with Crippen LogP contribution in [-0.4, -0.2) is 13.1 Å².